The number of hydrogen-bond acceptors (Lipinski definition) is 4. The third-order valence-corrected chi connectivity index (χ3v) is 4.48. The van der Waals surface area contributed by atoms with Gasteiger partial charge in [-0.2, -0.15) is 0 Å². The van der Waals surface area contributed by atoms with E-state index in [1.54, 1.807) is 11.8 Å². The normalized spacial score (nSPS) is 12.7. The molecule has 0 aliphatic heterocycles. The smallest absolute Gasteiger partial charge is 0.196 e. The Balaban J connectivity index is 1.89. The number of pyridine rings is 1. The first-order valence-electron chi connectivity index (χ1n) is 6.20. The van der Waals surface area contributed by atoms with Gasteiger partial charge >= 0.3 is 0 Å². The lowest BCUT2D eigenvalue weighted by Gasteiger charge is -2.13. The molecule has 2 aromatic heterocycles. The van der Waals surface area contributed by atoms with E-state index in [1.807, 2.05) is 53.1 Å². The molecule has 0 aliphatic rings. The molecule has 0 amide bonds. The van der Waals surface area contributed by atoms with E-state index >= 15 is 0 Å². The molecule has 6 heteroatoms. The van der Waals surface area contributed by atoms with Crippen LogP contribution in [-0.4, -0.2) is 21.1 Å². The van der Waals surface area contributed by atoms with Crippen LogP contribution < -0.4 is 5.73 Å². The fourth-order valence-electron chi connectivity index (χ4n) is 1.96. The van der Waals surface area contributed by atoms with E-state index in [0.717, 1.165) is 21.4 Å². The van der Waals surface area contributed by atoms with Crippen LogP contribution in [-0.2, 0) is 0 Å². The molecule has 3 aromatic rings. The first-order chi connectivity index (χ1) is 9.78. The Morgan fingerprint density at radius 3 is 2.70 bits per heavy atom. The van der Waals surface area contributed by atoms with Crippen LogP contribution in [0.2, 0.25) is 5.02 Å². The lowest BCUT2D eigenvalue weighted by molar-refractivity contribution is 0.888. The SMILES string of the molecule is NCC(Sc1nnc2ccccn12)c1ccc(Cl)cc1. The molecular formula is C14H13ClN4S. The molecule has 0 saturated heterocycles. The summed E-state index contributed by atoms with van der Waals surface area (Å²) < 4.78 is 1.96. The number of benzene rings is 1. The zero-order chi connectivity index (χ0) is 13.9. The zero-order valence-corrected chi connectivity index (χ0v) is 12.2. The summed E-state index contributed by atoms with van der Waals surface area (Å²) in [6, 6.07) is 13.6. The van der Waals surface area contributed by atoms with Crippen molar-refractivity contribution in [1.29, 1.82) is 0 Å². The van der Waals surface area contributed by atoms with Crippen molar-refractivity contribution in [3.05, 3.63) is 59.2 Å². The molecule has 20 heavy (non-hydrogen) atoms. The average Bonchev–Trinajstić information content (AvgIpc) is 2.89. The van der Waals surface area contributed by atoms with E-state index in [1.165, 1.54) is 0 Å². The molecule has 3 rings (SSSR count). The van der Waals surface area contributed by atoms with Crippen molar-refractivity contribution in [3.8, 4) is 0 Å². The maximum atomic E-state index is 5.92. The van der Waals surface area contributed by atoms with Crippen molar-refractivity contribution in [3.63, 3.8) is 0 Å². The van der Waals surface area contributed by atoms with E-state index in [9.17, 15) is 0 Å². The highest BCUT2D eigenvalue weighted by Crippen LogP contribution is 2.33. The number of halogens is 1. The molecule has 1 unspecified atom stereocenters. The molecule has 0 fully saturated rings. The monoisotopic (exact) mass is 304 g/mol. The standard InChI is InChI=1S/C14H13ClN4S/c15-11-6-4-10(5-7-11)12(9-16)20-14-18-17-13-3-1-2-8-19(13)14/h1-8,12H,9,16H2. The minimum absolute atomic E-state index is 0.125. The Morgan fingerprint density at radius 1 is 1.15 bits per heavy atom. The summed E-state index contributed by atoms with van der Waals surface area (Å²) in [5, 5.41) is 10.1. The second-order valence-electron chi connectivity index (χ2n) is 4.31. The van der Waals surface area contributed by atoms with Gasteiger partial charge in [-0.25, -0.2) is 0 Å². The van der Waals surface area contributed by atoms with Crippen molar-refractivity contribution in [2.75, 3.05) is 6.54 Å². The molecule has 2 N–H and O–H groups in total. The largest absolute Gasteiger partial charge is 0.329 e. The molecule has 0 bridgehead atoms. The number of rotatable bonds is 4. The minimum atomic E-state index is 0.125. The number of thioether (sulfide) groups is 1. The van der Waals surface area contributed by atoms with Gasteiger partial charge in [0.2, 0.25) is 0 Å². The summed E-state index contributed by atoms with van der Waals surface area (Å²) >= 11 is 7.52. The number of nitrogens with zero attached hydrogens (tertiary/aromatic N) is 3. The van der Waals surface area contributed by atoms with Gasteiger partial charge < -0.3 is 5.73 Å². The second kappa shape index (κ2) is 5.83. The lowest BCUT2D eigenvalue weighted by atomic mass is 10.1. The van der Waals surface area contributed by atoms with Crippen LogP contribution in [0.25, 0.3) is 5.65 Å². The number of fused-ring (bicyclic) bond motifs is 1. The summed E-state index contributed by atoms with van der Waals surface area (Å²) in [4.78, 5) is 0. The van der Waals surface area contributed by atoms with Gasteiger partial charge in [0.15, 0.2) is 10.8 Å². The molecule has 0 radical (unpaired) electrons. The zero-order valence-electron chi connectivity index (χ0n) is 10.6. The van der Waals surface area contributed by atoms with Crippen molar-refractivity contribution in [2.24, 2.45) is 5.73 Å². The Hall–Kier alpha value is -1.56. The lowest BCUT2D eigenvalue weighted by Crippen LogP contribution is -2.09. The van der Waals surface area contributed by atoms with Crippen molar-refractivity contribution >= 4 is 29.0 Å². The van der Waals surface area contributed by atoms with Crippen LogP contribution in [0.3, 0.4) is 0 Å². The summed E-state index contributed by atoms with van der Waals surface area (Å²) in [7, 11) is 0. The topological polar surface area (TPSA) is 56.2 Å². The Labute approximate surface area is 126 Å². The fraction of sp³-hybridized carbons (Fsp3) is 0.143. The highest BCUT2D eigenvalue weighted by atomic mass is 35.5. The summed E-state index contributed by atoms with van der Waals surface area (Å²) in [6.07, 6.45) is 1.95. The maximum Gasteiger partial charge on any atom is 0.196 e. The minimum Gasteiger partial charge on any atom is -0.329 e. The molecule has 1 atom stereocenters. The van der Waals surface area contributed by atoms with Crippen molar-refractivity contribution < 1.29 is 0 Å². The van der Waals surface area contributed by atoms with E-state index in [2.05, 4.69) is 10.2 Å². The quantitative estimate of drug-likeness (QED) is 0.752. The fourth-order valence-corrected chi connectivity index (χ4v) is 3.08. The van der Waals surface area contributed by atoms with E-state index in [0.29, 0.717) is 6.54 Å². The summed E-state index contributed by atoms with van der Waals surface area (Å²) in [6.45, 7) is 0.522. The van der Waals surface area contributed by atoms with Gasteiger partial charge in [0.05, 0.1) is 0 Å². The first kappa shape index (κ1) is 13.4. The summed E-state index contributed by atoms with van der Waals surface area (Å²) in [5.74, 6) is 0. The highest BCUT2D eigenvalue weighted by Gasteiger charge is 2.15. The van der Waals surface area contributed by atoms with Crippen molar-refractivity contribution in [1.82, 2.24) is 14.6 Å². The Morgan fingerprint density at radius 2 is 1.95 bits per heavy atom. The highest BCUT2D eigenvalue weighted by molar-refractivity contribution is 7.99. The van der Waals surface area contributed by atoms with Crippen LogP contribution in [0.5, 0.6) is 0 Å². The van der Waals surface area contributed by atoms with Gasteiger partial charge in [-0.15, -0.1) is 10.2 Å². The maximum absolute atomic E-state index is 5.92. The molecular weight excluding hydrogens is 292 g/mol. The van der Waals surface area contributed by atoms with Crippen LogP contribution in [0, 0.1) is 0 Å². The molecule has 4 nitrogen and oxygen atoms in total. The van der Waals surface area contributed by atoms with Gasteiger partial charge in [0, 0.05) is 23.0 Å². The third kappa shape index (κ3) is 2.65. The van der Waals surface area contributed by atoms with Crippen LogP contribution in [0.4, 0.5) is 0 Å². The molecule has 102 valence electrons. The Kier molecular flexibility index (Phi) is 3.91. The van der Waals surface area contributed by atoms with Crippen LogP contribution in [0.1, 0.15) is 10.8 Å². The average molecular weight is 305 g/mol. The third-order valence-electron chi connectivity index (χ3n) is 2.99. The molecule has 0 aliphatic carbocycles. The molecule has 0 spiro atoms. The van der Waals surface area contributed by atoms with Gasteiger partial charge in [-0.1, -0.05) is 41.6 Å². The number of nitrogens with two attached hydrogens (primary N) is 1. The van der Waals surface area contributed by atoms with Gasteiger partial charge in [0.1, 0.15) is 0 Å². The molecule has 1 aromatic carbocycles. The van der Waals surface area contributed by atoms with E-state index < -0.39 is 0 Å². The van der Waals surface area contributed by atoms with Gasteiger partial charge in [0.25, 0.3) is 0 Å². The summed E-state index contributed by atoms with van der Waals surface area (Å²) in [5.41, 5.74) is 7.86. The number of hydrogen-bond donors (Lipinski definition) is 1. The van der Waals surface area contributed by atoms with Gasteiger partial charge in [-0.3, -0.25) is 4.40 Å². The van der Waals surface area contributed by atoms with E-state index in [-0.39, 0.29) is 5.25 Å². The van der Waals surface area contributed by atoms with Crippen LogP contribution >= 0.6 is 23.4 Å². The molecule has 2 heterocycles. The molecule has 0 saturated carbocycles. The number of aromatic nitrogens is 3. The predicted octanol–water partition coefficient (Wildman–Crippen LogP) is 3.17. The van der Waals surface area contributed by atoms with Gasteiger partial charge in [-0.05, 0) is 29.8 Å². The first-order valence-corrected chi connectivity index (χ1v) is 7.45. The second-order valence-corrected chi connectivity index (χ2v) is 5.91. The Bertz CT molecular complexity index is 711. The van der Waals surface area contributed by atoms with Crippen LogP contribution in [0.15, 0.2) is 53.8 Å². The predicted molar refractivity (Wildman–Crippen MR) is 82.1 cm³/mol. The van der Waals surface area contributed by atoms with E-state index in [4.69, 9.17) is 17.3 Å². The van der Waals surface area contributed by atoms with Crippen molar-refractivity contribution in [2.45, 2.75) is 10.4 Å².